The second-order valence-electron chi connectivity index (χ2n) is 7.33. The van der Waals surface area contributed by atoms with E-state index in [1.807, 2.05) is 18.2 Å². The lowest BCUT2D eigenvalue weighted by molar-refractivity contribution is -0.940. The van der Waals surface area contributed by atoms with E-state index in [9.17, 15) is 13.2 Å². The van der Waals surface area contributed by atoms with Crippen LogP contribution in [-0.4, -0.2) is 52.1 Å². The standard InChI is InChI=1S/C20H27N3O5S/c1-21(2)29(25,26)16-8-10-20(24)23(13-16)14-22-11-5-6-18(22)17-9-7-15(27-3)12-19(17)28-4/h7-10,12-13,18H,5-6,11,14H2,1-4H3/p+1/t18-/m1/s1. The van der Waals surface area contributed by atoms with Crippen molar-refractivity contribution in [2.45, 2.75) is 30.4 Å². The topological polar surface area (TPSA) is 82.3 Å². The summed E-state index contributed by atoms with van der Waals surface area (Å²) in [5.41, 5.74) is 0.841. The molecule has 0 amide bonds. The number of ether oxygens (including phenoxy) is 2. The highest BCUT2D eigenvalue weighted by atomic mass is 32.2. The fourth-order valence-electron chi connectivity index (χ4n) is 3.80. The zero-order chi connectivity index (χ0) is 21.2. The summed E-state index contributed by atoms with van der Waals surface area (Å²) in [6, 6.07) is 8.60. The highest BCUT2D eigenvalue weighted by molar-refractivity contribution is 7.89. The smallest absolute Gasteiger partial charge is 0.254 e. The maximum Gasteiger partial charge on any atom is 0.254 e. The van der Waals surface area contributed by atoms with Gasteiger partial charge < -0.3 is 14.4 Å². The molecule has 0 aliphatic carbocycles. The average molecular weight is 423 g/mol. The van der Waals surface area contributed by atoms with E-state index >= 15 is 0 Å². The molecule has 3 rings (SSSR count). The number of nitrogens with one attached hydrogen (secondary N) is 1. The number of sulfonamides is 1. The summed E-state index contributed by atoms with van der Waals surface area (Å²) in [4.78, 5) is 13.7. The summed E-state index contributed by atoms with van der Waals surface area (Å²) in [5.74, 6) is 1.48. The van der Waals surface area contributed by atoms with Gasteiger partial charge in [0.15, 0.2) is 6.67 Å². The number of quaternary nitrogens is 1. The average Bonchev–Trinajstić information content (AvgIpc) is 3.16. The predicted molar refractivity (Wildman–Crippen MR) is 109 cm³/mol. The van der Waals surface area contributed by atoms with Crippen LogP contribution >= 0.6 is 0 Å². The van der Waals surface area contributed by atoms with Crippen molar-refractivity contribution < 1.29 is 22.8 Å². The number of pyridine rings is 1. The van der Waals surface area contributed by atoms with Gasteiger partial charge in [0.25, 0.3) is 5.56 Å². The Hall–Kier alpha value is -2.36. The maximum absolute atomic E-state index is 12.4. The monoisotopic (exact) mass is 422 g/mol. The summed E-state index contributed by atoms with van der Waals surface area (Å²) >= 11 is 0. The molecule has 1 aliphatic rings. The fraction of sp³-hybridized carbons (Fsp3) is 0.450. The number of benzene rings is 1. The minimum atomic E-state index is -3.60. The Balaban J connectivity index is 1.92. The van der Waals surface area contributed by atoms with Crippen LogP contribution in [0.15, 0.2) is 46.2 Å². The summed E-state index contributed by atoms with van der Waals surface area (Å²) in [6.45, 7) is 1.27. The Labute approximate surface area is 171 Å². The van der Waals surface area contributed by atoms with E-state index < -0.39 is 10.0 Å². The van der Waals surface area contributed by atoms with Crippen molar-refractivity contribution >= 4 is 10.0 Å². The van der Waals surface area contributed by atoms with E-state index in [-0.39, 0.29) is 16.5 Å². The van der Waals surface area contributed by atoms with Crippen molar-refractivity contribution in [1.29, 1.82) is 0 Å². The lowest BCUT2D eigenvalue weighted by Gasteiger charge is -2.24. The molecule has 1 aliphatic heterocycles. The molecule has 1 aromatic heterocycles. The van der Waals surface area contributed by atoms with Crippen molar-refractivity contribution in [3.63, 3.8) is 0 Å². The van der Waals surface area contributed by atoms with Gasteiger partial charge in [0.1, 0.15) is 17.5 Å². The van der Waals surface area contributed by atoms with Gasteiger partial charge in [-0.15, -0.1) is 0 Å². The highest BCUT2D eigenvalue weighted by Gasteiger charge is 2.33. The largest absolute Gasteiger partial charge is 0.497 e. The van der Waals surface area contributed by atoms with Crippen LogP contribution in [0.3, 0.4) is 0 Å². The molecule has 1 fully saturated rings. The van der Waals surface area contributed by atoms with Gasteiger partial charge in [0, 0.05) is 45.3 Å². The van der Waals surface area contributed by atoms with Gasteiger partial charge in [0.05, 0.1) is 31.2 Å². The second kappa shape index (κ2) is 8.56. The summed E-state index contributed by atoms with van der Waals surface area (Å²) < 4.78 is 38.4. The molecule has 2 aromatic rings. The van der Waals surface area contributed by atoms with Gasteiger partial charge in [-0.2, -0.15) is 0 Å². The van der Waals surface area contributed by atoms with E-state index in [0.717, 1.165) is 40.8 Å². The Morgan fingerprint density at radius 3 is 2.59 bits per heavy atom. The molecule has 1 unspecified atom stereocenters. The predicted octanol–water partition coefficient (Wildman–Crippen LogP) is 0.493. The zero-order valence-corrected chi connectivity index (χ0v) is 18.0. The normalized spacial score (nSPS) is 19.5. The first kappa shape index (κ1) is 21.4. The molecule has 1 N–H and O–H groups in total. The minimum Gasteiger partial charge on any atom is -0.497 e. The van der Waals surface area contributed by atoms with E-state index in [1.54, 1.807) is 14.2 Å². The lowest BCUT2D eigenvalue weighted by Crippen LogP contribution is -3.09. The van der Waals surface area contributed by atoms with Crippen molar-refractivity contribution in [3.8, 4) is 11.5 Å². The van der Waals surface area contributed by atoms with Crippen LogP contribution in [0.4, 0.5) is 0 Å². The van der Waals surface area contributed by atoms with Crippen molar-refractivity contribution in [3.05, 3.63) is 52.4 Å². The number of likely N-dealkylation sites (tertiary alicyclic amines) is 1. The van der Waals surface area contributed by atoms with Crippen LogP contribution in [0, 0.1) is 0 Å². The molecule has 158 valence electrons. The molecule has 0 spiro atoms. The van der Waals surface area contributed by atoms with Crippen LogP contribution in [-0.2, 0) is 16.7 Å². The quantitative estimate of drug-likeness (QED) is 0.703. The van der Waals surface area contributed by atoms with Crippen LogP contribution in [0.25, 0.3) is 0 Å². The van der Waals surface area contributed by atoms with Crippen LogP contribution in [0.2, 0.25) is 0 Å². The van der Waals surface area contributed by atoms with Gasteiger partial charge in [-0.25, -0.2) is 12.7 Å². The Morgan fingerprint density at radius 1 is 1.17 bits per heavy atom. The SMILES string of the molecule is COc1ccc([C@H]2CCC[NH+]2Cn2cc(S(=O)(=O)N(C)C)ccc2=O)c(OC)c1. The van der Waals surface area contributed by atoms with Gasteiger partial charge in [-0.1, -0.05) is 0 Å². The zero-order valence-electron chi connectivity index (χ0n) is 17.2. The molecule has 0 saturated carbocycles. The number of nitrogens with zero attached hydrogens (tertiary/aromatic N) is 2. The van der Waals surface area contributed by atoms with Crippen LogP contribution in [0.1, 0.15) is 24.4 Å². The molecule has 9 heteroatoms. The Bertz CT molecular complexity index is 1030. The third-order valence-electron chi connectivity index (χ3n) is 5.41. The number of rotatable bonds is 7. The van der Waals surface area contributed by atoms with E-state index in [4.69, 9.17) is 9.47 Å². The van der Waals surface area contributed by atoms with Gasteiger partial charge in [-0.3, -0.25) is 9.36 Å². The first-order valence-electron chi connectivity index (χ1n) is 9.47. The number of hydrogen-bond donors (Lipinski definition) is 1. The highest BCUT2D eigenvalue weighted by Crippen LogP contribution is 2.31. The number of hydrogen-bond acceptors (Lipinski definition) is 5. The second-order valence-corrected chi connectivity index (χ2v) is 9.48. The molecule has 0 radical (unpaired) electrons. The Morgan fingerprint density at radius 2 is 1.93 bits per heavy atom. The fourth-order valence-corrected chi connectivity index (χ4v) is 4.72. The van der Waals surface area contributed by atoms with Crippen molar-refractivity contribution in [1.82, 2.24) is 8.87 Å². The molecule has 2 heterocycles. The van der Waals surface area contributed by atoms with E-state index in [1.165, 1.54) is 41.9 Å². The first-order valence-corrected chi connectivity index (χ1v) is 10.9. The van der Waals surface area contributed by atoms with Crippen LogP contribution < -0.4 is 19.9 Å². The van der Waals surface area contributed by atoms with Gasteiger partial charge >= 0.3 is 0 Å². The summed E-state index contributed by atoms with van der Waals surface area (Å²) in [5, 5.41) is 0. The molecule has 1 saturated heterocycles. The lowest BCUT2D eigenvalue weighted by atomic mass is 10.0. The molecule has 8 nitrogen and oxygen atoms in total. The van der Waals surface area contributed by atoms with E-state index in [0.29, 0.717) is 6.67 Å². The van der Waals surface area contributed by atoms with Crippen molar-refractivity contribution in [2.24, 2.45) is 0 Å². The summed E-state index contributed by atoms with van der Waals surface area (Å²) in [7, 11) is 2.59. The summed E-state index contributed by atoms with van der Waals surface area (Å²) in [6.07, 6.45) is 3.41. The Kier molecular flexibility index (Phi) is 6.30. The maximum atomic E-state index is 12.4. The molecule has 1 aromatic carbocycles. The number of methoxy groups -OCH3 is 2. The van der Waals surface area contributed by atoms with Gasteiger partial charge in [0.2, 0.25) is 10.0 Å². The third-order valence-corrected chi connectivity index (χ3v) is 7.21. The molecule has 0 bridgehead atoms. The molecule has 2 atom stereocenters. The first-order chi connectivity index (χ1) is 13.8. The molecule has 29 heavy (non-hydrogen) atoms. The molecular weight excluding hydrogens is 394 g/mol. The van der Waals surface area contributed by atoms with E-state index in [2.05, 4.69) is 0 Å². The number of aromatic nitrogens is 1. The minimum absolute atomic E-state index is 0.110. The molecular formula is C20H28N3O5S+. The van der Waals surface area contributed by atoms with Crippen LogP contribution in [0.5, 0.6) is 11.5 Å². The van der Waals surface area contributed by atoms with Gasteiger partial charge in [-0.05, 0) is 18.2 Å². The van der Waals surface area contributed by atoms with Crippen molar-refractivity contribution in [2.75, 3.05) is 34.9 Å². The third kappa shape index (κ3) is 4.31.